The number of rotatable bonds is 6. The van der Waals surface area contributed by atoms with Crippen molar-refractivity contribution in [2.24, 2.45) is 10.8 Å². The van der Waals surface area contributed by atoms with Gasteiger partial charge in [-0.25, -0.2) is 0 Å². The van der Waals surface area contributed by atoms with Crippen molar-refractivity contribution >= 4 is 0 Å². The van der Waals surface area contributed by atoms with Gasteiger partial charge in [-0.3, -0.25) is 0 Å². The summed E-state index contributed by atoms with van der Waals surface area (Å²) in [5.41, 5.74) is -0.835. The molecule has 1 spiro atoms. The summed E-state index contributed by atoms with van der Waals surface area (Å²) in [4.78, 5) is 0. The van der Waals surface area contributed by atoms with Crippen LogP contribution in [0.4, 0.5) is 0 Å². The van der Waals surface area contributed by atoms with Crippen molar-refractivity contribution in [2.75, 3.05) is 20.3 Å². The van der Waals surface area contributed by atoms with E-state index in [1.807, 2.05) is 24.3 Å². The average molecular weight is 402 g/mol. The van der Waals surface area contributed by atoms with E-state index in [4.69, 9.17) is 18.9 Å². The molecule has 4 fully saturated rings. The molecule has 29 heavy (non-hydrogen) atoms. The highest BCUT2D eigenvalue weighted by molar-refractivity contribution is 5.31. The molecule has 5 aliphatic rings. The minimum absolute atomic E-state index is 0.124. The van der Waals surface area contributed by atoms with Gasteiger partial charge < -0.3 is 29.2 Å². The summed E-state index contributed by atoms with van der Waals surface area (Å²) in [5, 5.41) is 20.0. The van der Waals surface area contributed by atoms with Gasteiger partial charge in [-0.1, -0.05) is 31.2 Å². The maximum Gasteiger partial charge on any atom is 0.168 e. The summed E-state index contributed by atoms with van der Waals surface area (Å²) in [6.45, 7) is 3.07. The normalized spacial score (nSPS) is 44.7. The van der Waals surface area contributed by atoms with Crippen LogP contribution in [0.5, 0.6) is 5.75 Å². The maximum atomic E-state index is 10.5. The number of benzene rings is 1. The summed E-state index contributed by atoms with van der Waals surface area (Å²) < 4.78 is 24.2. The van der Waals surface area contributed by atoms with Gasteiger partial charge in [-0.05, 0) is 37.0 Å². The van der Waals surface area contributed by atoms with Gasteiger partial charge in [0.15, 0.2) is 6.29 Å². The molecular formula is C23H30O6. The van der Waals surface area contributed by atoms with E-state index < -0.39 is 5.60 Å². The molecule has 1 aromatic rings. The van der Waals surface area contributed by atoms with E-state index in [2.05, 4.69) is 13.0 Å². The van der Waals surface area contributed by atoms with Crippen LogP contribution in [0.1, 0.15) is 38.2 Å². The van der Waals surface area contributed by atoms with Crippen LogP contribution in [-0.2, 0) is 20.8 Å². The third kappa shape index (κ3) is 2.66. The number of hydrogen-bond acceptors (Lipinski definition) is 6. The quantitative estimate of drug-likeness (QED) is 0.713. The number of methoxy groups -OCH3 is 1. The molecule has 0 radical (unpaired) electrons. The van der Waals surface area contributed by atoms with E-state index in [1.165, 1.54) is 0 Å². The summed E-state index contributed by atoms with van der Waals surface area (Å²) in [7, 11) is 1.66. The van der Waals surface area contributed by atoms with E-state index in [-0.39, 0.29) is 35.4 Å². The summed E-state index contributed by atoms with van der Waals surface area (Å²) in [6.07, 6.45) is 6.70. The topological polar surface area (TPSA) is 77.4 Å². The monoisotopic (exact) mass is 402 g/mol. The molecule has 2 aliphatic carbocycles. The summed E-state index contributed by atoms with van der Waals surface area (Å²) in [6, 6.07) is 7.91. The second-order valence-electron chi connectivity index (χ2n) is 9.42. The second-order valence-corrected chi connectivity index (χ2v) is 9.42. The molecule has 0 aromatic heterocycles. The van der Waals surface area contributed by atoms with Gasteiger partial charge in [0.1, 0.15) is 17.0 Å². The van der Waals surface area contributed by atoms with Crippen LogP contribution in [0.25, 0.3) is 0 Å². The van der Waals surface area contributed by atoms with Crippen molar-refractivity contribution in [3.05, 3.63) is 42.0 Å². The molecular weight excluding hydrogens is 372 g/mol. The fourth-order valence-electron chi connectivity index (χ4n) is 6.08. The fourth-order valence-corrected chi connectivity index (χ4v) is 6.08. The van der Waals surface area contributed by atoms with Crippen molar-refractivity contribution in [1.29, 1.82) is 0 Å². The van der Waals surface area contributed by atoms with E-state index >= 15 is 0 Å². The molecule has 2 N–H and O–H groups in total. The largest absolute Gasteiger partial charge is 0.497 e. The van der Waals surface area contributed by atoms with Crippen LogP contribution in [0, 0.1) is 10.8 Å². The zero-order valence-electron chi connectivity index (χ0n) is 17.1. The van der Waals surface area contributed by atoms with Gasteiger partial charge in [0.2, 0.25) is 0 Å². The highest BCUT2D eigenvalue weighted by Gasteiger charge is 2.78. The molecule has 1 saturated carbocycles. The number of aliphatic hydroxyl groups excluding tert-OH is 1. The van der Waals surface area contributed by atoms with Crippen LogP contribution in [0.2, 0.25) is 0 Å². The SMILES string of the molecule is COc1ccc(COC[C@@]23C[C@H]4C[C@]2(C)[C@@]2(C=CC(O)(CO)CC2)[C@H](O4)O3)cc1. The first-order valence-corrected chi connectivity index (χ1v) is 10.5. The lowest BCUT2D eigenvalue weighted by Crippen LogP contribution is -2.53. The predicted octanol–water partition coefficient (Wildman–Crippen LogP) is 2.57. The van der Waals surface area contributed by atoms with E-state index in [9.17, 15) is 10.2 Å². The Bertz CT molecular complexity index is 808. The Morgan fingerprint density at radius 3 is 2.59 bits per heavy atom. The maximum absolute atomic E-state index is 10.5. The first-order valence-electron chi connectivity index (χ1n) is 10.5. The lowest BCUT2D eigenvalue weighted by molar-refractivity contribution is -0.264. The summed E-state index contributed by atoms with van der Waals surface area (Å²) >= 11 is 0. The molecule has 1 aromatic carbocycles. The Hall–Kier alpha value is -1.44. The van der Waals surface area contributed by atoms with Gasteiger partial charge in [0, 0.05) is 17.3 Å². The highest BCUT2D eigenvalue weighted by Crippen LogP contribution is 2.73. The highest BCUT2D eigenvalue weighted by atomic mass is 16.7. The van der Waals surface area contributed by atoms with Gasteiger partial charge in [0.25, 0.3) is 0 Å². The molecule has 4 bridgehead atoms. The smallest absolute Gasteiger partial charge is 0.168 e. The Labute approximate surface area is 171 Å². The molecule has 3 heterocycles. The molecule has 3 aliphatic heterocycles. The lowest BCUT2D eigenvalue weighted by atomic mass is 9.55. The Balaban J connectivity index is 1.35. The van der Waals surface area contributed by atoms with Crippen molar-refractivity contribution in [3.63, 3.8) is 0 Å². The van der Waals surface area contributed by atoms with Crippen LogP contribution in [0.15, 0.2) is 36.4 Å². The van der Waals surface area contributed by atoms with Crippen molar-refractivity contribution < 1.29 is 29.2 Å². The average Bonchev–Trinajstić information content (AvgIpc) is 3.01. The first-order chi connectivity index (χ1) is 13.9. The first kappa shape index (κ1) is 19.5. The Morgan fingerprint density at radius 2 is 1.93 bits per heavy atom. The van der Waals surface area contributed by atoms with Crippen molar-refractivity contribution in [3.8, 4) is 5.75 Å². The minimum atomic E-state index is -1.14. The Kier molecular flexibility index (Phi) is 4.39. The molecule has 6 atom stereocenters. The lowest BCUT2D eigenvalue weighted by Gasteiger charge is -2.50. The van der Waals surface area contributed by atoms with Crippen molar-refractivity contribution in [2.45, 2.75) is 62.8 Å². The molecule has 1 unspecified atom stereocenters. The molecule has 158 valence electrons. The van der Waals surface area contributed by atoms with E-state index in [0.717, 1.165) is 30.6 Å². The zero-order valence-corrected chi connectivity index (χ0v) is 17.1. The van der Waals surface area contributed by atoms with E-state index in [0.29, 0.717) is 19.6 Å². The number of aliphatic hydroxyl groups is 2. The standard InChI is InChI=1S/C23H30O6/c1-20-11-18-12-23(20,15-27-13-16-3-5-17(26-2)6-4-16)29-19(28-18)22(20)9-7-21(25,14-24)8-10-22/h3-7,9,18-19,24-25H,8,10-15H2,1-2H3/t18-,19-,20-,21?,22-,23+/m1/s1. The van der Waals surface area contributed by atoms with Gasteiger partial charge in [-0.2, -0.15) is 0 Å². The van der Waals surface area contributed by atoms with Crippen LogP contribution in [-0.4, -0.2) is 54.1 Å². The minimum Gasteiger partial charge on any atom is -0.497 e. The van der Waals surface area contributed by atoms with E-state index in [1.54, 1.807) is 13.2 Å². The molecule has 6 nitrogen and oxygen atoms in total. The van der Waals surface area contributed by atoms with Crippen LogP contribution < -0.4 is 4.74 Å². The number of ether oxygens (including phenoxy) is 4. The van der Waals surface area contributed by atoms with Gasteiger partial charge in [-0.15, -0.1) is 0 Å². The summed E-state index contributed by atoms with van der Waals surface area (Å²) in [5.74, 6) is 0.834. The third-order valence-electron chi connectivity index (χ3n) is 7.99. The van der Waals surface area contributed by atoms with Crippen molar-refractivity contribution in [1.82, 2.24) is 0 Å². The number of hydrogen-bond donors (Lipinski definition) is 2. The Morgan fingerprint density at radius 1 is 1.14 bits per heavy atom. The van der Waals surface area contributed by atoms with Crippen LogP contribution >= 0.6 is 0 Å². The van der Waals surface area contributed by atoms with Gasteiger partial charge in [0.05, 0.1) is 33.0 Å². The third-order valence-corrected chi connectivity index (χ3v) is 7.99. The van der Waals surface area contributed by atoms with Crippen LogP contribution in [0.3, 0.4) is 0 Å². The second kappa shape index (κ2) is 6.53. The fraction of sp³-hybridized carbons (Fsp3) is 0.652. The molecule has 6 rings (SSSR count). The predicted molar refractivity (Wildman–Crippen MR) is 105 cm³/mol. The zero-order chi connectivity index (χ0) is 20.3. The molecule has 6 heteroatoms. The van der Waals surface area contributed by atoms with Gasteiger partial charge >= 0.3 is 0 Å². The molecule has 3 saturated heterocycles. The molecule has 0 amide bonds.